The monoisotopic (exact) mass is 521 g/mol. The van der Waals surface area contributed by atoms with E-state index in [2.05, 4.69) is 20.9 Å². The first kappa shape index (κ1) is 26.1. The second kappa shape index (κ2) is 11.5. The second-order valence-electron chi connectivity index (χ2n) is 9.59. The van der Waals surface area contributed by atoms with Gasteiger partial charge in [-0.1, -0.05) is 60.7 Å². The lowest BCUT2D eigenvalue weighted by molar-refractivity contribution is -0.142. The van der Waals surface area contributed by atoms with Gasteiger partial charge in [0.2, 0.25) is 11.9 Å². The number of benzene rings is 3. The van der Waals surface area contributed by atoms with E-state index in [1.807, 2.05) is 66.7 Å². The van der Waals surface area contributed by atoms with E-state index in [1.54, 1.807) is 30.5 Å². The molecule has 0 radical (unpaired) electrons. The van der Waals surface area contributed by atoms with Crippen LogP contribution in [0, 0.1) is 16.7 Å². The molecule has 5 rings (SSSR count). The predicted octanol–water partition coefficient (Wildman–Crippen LogP) is 4.28. The molecule has 1 fully saturated rings. The van der Waals surface area contributed by atoms with Crippen LogP contribution in [0.4, 0.5) is 5.95 Å². The Morgan fingerprint density at radius 1 is 0.923 bits per heavy atom. The lowest BCUT2D eigenvalue weighted by atomic mass is 9.67. The zero-order valence-corrected chi connectivity index (χ0v) is 22.2. The van der Waals surface area contributed by atoms with E-state index in [0.717, 1.165) is 21.9 Å². The van der Waals surface area contributed by atoms with Crippen LogP contribution in [0.5, 0.6) is 5.75 Å². The first-order chi connectivity index (χ1) is 19.1. The fraction of sp³-hybridized carbons (Fsp3) is 0.290. The highest BCUT2D eigenvalue weighted by Gasteiger charge is 2.51. The fourth-order valence-corrected chi connectivity index (χ4v) is 5.59. The summed E-state index contributed by atoms with van der Waals surface area (Å²) in [7, 11) is 3.14. The van der Waals surface area contributed by atoms with Gasteiger partial charge in [-0.25, -0.2) is 9.97 Å². The molecule has 8 nitrogen and oxygen atoms in total. The van der Waals surface area contributed by atoms with E-state index < -0.39 is 11.3 Å². The summed E-state index contributed by atoms with van der Waals surface area (Å²) in [5, 5.41) is 12.9. The summed E-state index contributed by atoms with van der Waals surface area (Å²) in [6.45, 7) is 1.95. The van der Waals surface area contributed by atoms with Gasteiger partial charge in [0.05, 0.1) is 19.8 Å². The quantitative estimate of drug-likeness (QED) is 0.342. The summed E-state index contributed by atoms with van der Waals surface area (Å²) < 4.78 is 11.4. The number of carbonyl (C=O) groups excluding carboxylic acids is 1. The number of anilines is 1. The van der Waals surface area contributed by atoms with Crippen molar-refractivity contribution >= 4 is 22.6 Å². The number of aromatic nitrogens is 2. The highest BCUT2D eigenvalue weighted by molar-refractivity contribution is 5.92. The normalized spacial score (nSPS) is 15.8. The fourth-order valence-electron chi connectivity index (χ4n) is 5.59. The van der Waals surface area contributed by atoms with Gasteiger partial charge in [-0.15, -0.1) is 0 Å². The number of fused-ring (bicyclic) bond motifs is 1. The zero-order valence-electron chi connectivity index (χ0n) is 22.2. The first-order valence-electron chi connectivity index (χ1n) is 12.9. The molecule has 0 saturated carbocycles. The van der Waals surface area contributed by atoms with Crippen molar-refractivity contribution in [1.82, 2.24) is 14.9 Å². The van der Waals surface area contributed by atoms with Crippen LogP contribution >= 0.6 is 0 Å². The molecular weight excluding hydrogens is 490 g/mol. The van der Waals surface area contributed by atoms with Crippen molar-refractivity contribution < 1.29 is 14.3 Å². The summed E-state index contributed by atoms with van der Waals surface area (Å²) in [4.78, 5) is 27.1. The van der Waals surface area contributed by atoms with Crippen LogP contribution < -0.4 is 9.64 Å². The highest BCUT2D eigenvalue weighted by Crippen LogP contribution is 2.48. The molecule has 4 aromatic rings. The third-order valence-corrected chi connectivity index (χ3v) is 7.43. The summed E-state index contributed by atoms with van der Waals surface area (Å²) in [5.74, 6) is 0.345. The summed E-state index contributed by atoms with van der Waals surface area (Å²) in [6.07, 6.45) is 3.42. The number of ether oxygens (including phenoxy) is 2. The number of para-hydroxylation sites is 1. The van der Waals surface area contributed by atoms with E-state index >= 15 is 0 Å². The minimum absolute atomic E-state index is 0.0731. The molecule has 0 unspecified atom stereocenters. The number of carbonyl (C=O) groups is 1. The van der Waals surface area contributed by atoms with Crippen molar-refractivity contribution in [1.29, 1.82) is 5.26 Å². The Morgan fingerprint density at radius 3 is 2.31 bits per heavy atom. The number of hydrogen-bond acceptors (Lipinski definition) is 7. The Balaban J connectivity index is 1.61. The van der Waals surface area contributed by atoms with Gasteiger partial charge in [0.15, 0.2) is 5.41 Å². The number of methoxy groups -OCH3 is 2. The summed E-state index contributed by atoms with van der Waals surface area (Å²) in [5.41, 5.74) is 0.0966. The maximum Gasteiger partial charge on any atom is 0.246 e. The lowest BCUT2D eigenvalue weighted by Gasteiger charge is -2.41. The number of nitrogens with zero attached hydrogens (tertiary/aromatic N) is 5. The van der Waals surface area contributed by atoms with Crippen LogP contribution in [0.3, 0.4) is 0 Å². The third-order valence-electron chi connectivity index (χ3n) is 7.43. The van der Waals surface area contributed by atoms with E-state index in [9.17, 15) is 10.1 Å². The average molecular weight is 522 g/mol. The maximum absolute atomic E-state index is 14.5. The molecule has 0 N–H and O–H groups in total. The second-order valence-corrected chi connectivity index (χ2v) is 9.59. The van der Waals surface area contributed by atoms with Crippen LogP contribution in [0.25, 0.3) is 10.8 Å². The van der Waals surface area contributed by atoms with Gasteiger partial charge in [0.1, 0.15) is 5.75 Å². The van der Waals surface area contributed by atoms with E-state index in [-0.39, 0.29) is 12.5 Å². The lowest BCUT2D eigenvalue weighted by Crippen LogP contribution is -2.56. The van der Waals surface area contributed by atoms with Crippen LogP contribution in [0.15, 0.2) is 85.2 Å². The molecule has 1 saturated heterocycles. The number of hydrogen-bond donors (Lipinski definition) is 0. The number of nitriles is 1. The van der Waals surface area contributed by atoms with Gasteiger partial charge >= 0.3 is 0 Å². The molecule has 3 aromatic carbocycles. The average Bonchev–Trinajstić information content (AvgIpc) is 3.01. The van der Waals surface area contributed by atoms with Crippen molar-refractivity contribution in [3.8, 4) is 11.8 Å². The maximum atomic E-state index is 14.5. The number of rotatable bonds is 8. The van der Waals surface area contributed by atoms with E-state index in [4.69, 9.17) is 9.47 Å². The third kappa shape index (κ3) is 4.89. The zero-order chi connectivity index (χ0) is 27.2. The molecule has 8 heteroatoms. The van der Waals surface area contributed by atoms with Gasteiger partial charge in [-0.2, -0.15) is 5.26 Å². The Hall–Kier alpha value is -4.48. The van der Waals surface area contributed by atoms with Crippen LogP contribution in [-0.4, -0.2) is 67.8 Å². The Kier molecular flexibility index (Phi) is 7.71. The first-order valence-corrected chi connectivity index (χ1v) is 12.9. The van der Waals surface area contributed by atoms with Crippen molar-refractivity contribution in [3.05, 3.63) is 96.3 Å². The highest BCUT2D eigenvalue weighted by atomic mass is 16.5. The molecule has 39 heavy (non-hydrogen) atoms. The van der Waals surface area contributed by atoms with Gasteiger partial charge in [-0.3, -0.25) is 4.79 Å². The predicted molar refractivity (Wildman–Crippen MR) is 150 cm³/mol. The Labute approximate surface area is 228 Å². The largest absolute Gasteiger partial charge is 0.496 e. The van der Waals surface area contributed by atoms with Gasteiger partial charge < -0.3 is 19.3 Å². The SMILES string of the molecule is COC[C@@](C#N)(C(=O)N1CCN(c2ncccn2)CC1)[C@@H](c1ccccc1OC)c1cccc2ccccc12. The van der Waals surface area contributed by atoms with Crippen molar-refractivity contribution in [2.75, 3.05) is 51.9 Å². The van der Waals surface area contributed by atoms with E-state index in [1.165, 1.54) is 7.11 Å². The minimum atomic E-state index is -1.54. The molecular formula is C31H31N5O3. The molecule has 0 bridgehead atoms. The molecule has 198 valence electrons. The molecule has 1 aliphatic rings. The molecule has 0 spiro atoms. The number of amides is 1. The van der Waals surface area contributed by atoms with Gasteiger partial charge in [0.25, 0.3) is 0 Å². The number of piperazine rings is 1. The summed E-state index contributed by atoms with van der Waals surface area (Å²) >= 11 is 0. The molecule has 1 aromatic heterocycles. The minimum Gasteiger partial charge on any atom is -0.496 e. The molecule has 2 atom stereocenters. The molecule has 2 heterocycles. The Bertz CT molecular complexity index is 1480. The van der Waals surface area contributed by atoms with Crippen molar-refractivity contribution in [2.24, 2.45) is 5.41 Å². The standard InChI is InChI=1S/C31H31N5O3/c1-38-22-31(21-32,29(37)35-17-19-36(20-18-35)30-33-15-8-16-34-30)28(26-12-5-6-14-27(26)39-2)25-13-7-10-23-9-3-4-11-24(23)25/h3-16,28H,17-20,22H2,1-2H3/t28-,31-/m1/s1. The van der Waals surface area contributed by atoms with Crippen molar-refractivity contribution in [2.45, 2.75) is 5.92 Å². The van der Waals surface area contributed by atoms with Gasteiger partial charge in [0, 0.05) is 57.2 Å². The summed E-state index contributed by atoms with van der Waals surface area (Å²) in [6, 6.07) is 25.9. The molecule has 1 amide bonds. The van der Waals surface area contributed by atoms with E-state index in [0.29, 0.717) is 37.9 Å². The molecule has 0 aliphatic carbocycles. The topological polar surface area (TPSA) is 91.6 Å². The Morgan fingerprint density at radius 2 is 1.59 bits per heavy atom. The van der Waals surface area contributed by atoms with Crippen LogP contribution in [0.2, 0.25) is 0 Å². The smallest absolute Gasteiger partial charge is 0.246 e. The molecule has 1 aliphatic heterocycles. The van der Waals surface area contributed by atoms with Crippen LogP contribution in [-0.2, 0) is 9.53 Å². The van der Waals surface area contributed by atoms with Crippen molar-refractivity contribution in [3.63, 3.8) is 0 Å². The van der Waals surface area contributed by atoms with Gasteiger partial charge in [-0.05, 0) is 28.5 Å². The van der Waals surface area contributed by atoms with Crippen LogP contribution in [0.1, 0.15) is 17.0 Å².